The van der Waals surface area contributed by atoms with E-state index in [1.165, 1.54) is 0 Å². The fraction of sp³-hybridized carbons (Fsp3) is 0.467. The highest BCUT2D eigenvalue weighted by atomic mass is 16.4. The third-order valence-corrected chi connectivity index (χ3v) is 3.78. The summed E-state index contributed by atoms with van der Waals surface area (Å²) in [6, 6.07) is 9.75. The minimum absolute atomic E-state index is 0.0183. The van der Waals surface area contributed by atoms with Crippen molar-refractivity contribution in [2.45, 2.75) is 13.5 Å². The van der Waals surface area contributed by atoms with Crippen LogP contribution in [0.1, 0.15) is 12.5 Å². The van der Waals surface area contributed by atoms with E-state index in [9.17, 15) is 9.59 Å². The standard InChI is InChI=1S/C15H20N2O3/c1-11(15(19)20)13-8-17(9-13)10-14(18)16-7-12-5-3-2-4-6-12/h2-6,11,13H,7-10H2,1H3,(H,16,18)(H,19,20). The molecule has 2 N–H and O–H groups in total. The summed E-state index contributed by atoms with van der Waals surface area (Å²) in [5, 5.41) is 11.8. The third-order valence-electron chi connectivity index (χ3n) is 3.78. The molecule has 0 aliphatic carbocycles. The molecule has 1 heterocycles. The highest BCUT2D eigenvalue weighted by molar-refractivity contribution is 5.78. The first-order valence-electron chi connectivity index (χ1n) is 6.82. The van der Waals surface area contributed by atoms with Crippen molar-refractivity contribution in [3.63, 3.8) is 0 Å². The number of aliphatic carboxylic acids is 1. The summed E-state index contributed by atoms with van der Waals surface area (Å²) in [4.78, 5) is 24.6. The number of carboxylic acid groups (broad SMARTS) is 1. The zero-order chi connectivity index (χ0) is 14.5. The van der Waals surface area contributed by atoms with Crippen LogP contribution < -0.4 is 5.32 Å². The molecule has 5 nitrogen and oxygen atoms in total. The van der Waals surface area contributed by atoms with E-state index in [1.54, 1.807) is 6.92 Å². The second-order valence-corrected chi connectivity index (χ2v) is 5.34. The van der Waals surface area contributed by atoms with Gasteiger partial charge in [-0.25, -0.2) is 0 Å². The molecular weight excluding hydrogens is 256 g/mol. The van der Waals surface area contributed by atoms with E-state index in [4.69, 9.17) is 5.11 Å². The Balaban J connectivity index is 1.66. The minimum atomic E-state index is -0.761. The number of nitrogens with zero attached hydrogens (tertiary/aromatic N) is 1. The number of likely N-dealkylation sites (tertiary alicyclic amines) is 1. The Morgan fingerprint density at radius 1 is 1.35 bits per heavy atom. The average Bonchev–Trinajstić information content (AvgIpc) is 2.40. The predicted octanol–water partition coefficient (Wildman–Crippen LogP) is 0.955. The van der Waals surface area contributed by atoms with Crippen molar-refractivity contribution >= 4 is 11.9 Å². The highest BCUT2D eigenvalue weighted by Gasteiger charge is 2.35. The normalized spacial score (nSPS) is 17.2. The van der Waals surface area contributed by atoms with E-state index < -0.39 is 5.97 Å². The molecule has 0 aromatic heterocycles. The van der Waals surface area contributed by atoms with Crippen molar-refractivity contribution in [2.75, 3.05) is 19.6 Å². The summed E-state index contributed by atoms with van der Waals surface area (Å²) in [5.41, 5.74) is 1.07. The second kappa shape index (κ2) is 6.52. The number of rotatable bonds is 6. The summed E-state index contributed by atoms with van der Waals surface area (Å²) < 4.78 is 0. The minimum Gasteiger partial charge on any atom is -0.481 e. The topological polar surface area (TPSA) is 69.6 Å². The monoisotopic (exact) mass is 276 g/mol. The zero-order valence-electron chi connectivity index (χ0n) is 11.6. The van der Waals surface area contributed by atoms with Crippen molar-refractivity contribution in [2.24, 2.45) is 11.8 Å². The lowest BCUT2D eigenvalue weighted by atomic mass is 9.87. The van der Waals surface area contributed by atoms with Crippen molar-refractivity contribution in [1.82, 2.24) is 10.2 Å². The van der Waals surface area contributed by atoms with Crippen LogP contribution in [-0.2, 0) is 16.1 Å². The highest BCUT2D eigenvalue weighted by Crippen LogP contribution is 2.23. The van der Waals surface area contributed by atoms with Crippen LogP contribution in [0.2, 0.25) is 0 Å². The average molecular weight is 276 g/mol. The van der Waals surface area contributed by atoms with Crippen LogP contribution in [0.3, 0.4) is 0 Å². The summed E-state index contributed by atoms with van der Waals surface area (Å²) >= 11 is 0. The Kier molecular flexibility index (Phi) is 4.74. The molecule has 1 unspecified atom stereocenters. The van der Waals surface area contributed by atoms with Gasteiger partial charge in [-0.1, -0.05) is 37.3 Å². The summed E-state index contributed by atoms with van der Waals surface area (Å²) in [6.07, 6.45) is 0. The van der Waals surface area contributed by atoms with Gasteiger partial charge in [0.1, 0.15) is 0 Å². The van der Waals surface area contributed by atoms with Gasteiger partial charge in [0, 0.05) is 19.6 Å². The van der Waals surface area contributed by atoms with Crippen molar-refractivity contribution < 1.29 is 14.7 Å². The van der Waals surface area contributed by atoms with Gasteiger partial charge in [0.2, 0.25) is 5.91 Å². The third kappa shape index (κ3) is 3.81. The number of hydrogen-bond acceptors (Lipinski definition) is 3. The first kappa shape index (κ1) is 14.5. The molecule has 1 aliphatic heterocycles. The number of carboxylic acids is 1. The van der Waals surface area contributed by atoms with Gasteiger partial charge in [0.15, 0.2) is 0 Å². The molecule has 0 radical (unpaired) electrons. The van der Waals surface area contributed by atoms with Crippen LogP contribution in [-0.4, -0.2) is 41.5 Å². The van der Waals surface area contributed by atoms with E-state index in [1.807, 2.05) is 35.2 Å². The molecule has 5 heteroatoms. The van der Waals surface area contributed by atoms with Gasteiger partial charge in [-0.05, 0) is 11.5 Å². The largest absolute Gasteiger partial charge is 0.481 e. The Morgan fingerprint density at radius 2 is 2.00 bits per heavy atom. The fourth-order valence-corrected chi connectivity index (χ4v) is 2.31. The van der Waals surface area contributed by atoms with Gasteiger partial charge in [0.25, 0.3) is 0 Å². The first-order chi connectivity index (χ1) is 9.56. The molecule has 0 saturated carbocycles. The molecular formula is C15H20N2O3. The van der Waals surface area contributed by atoms with Gasteiger partial charge >= 0.3 is 5.97 Å². The molecule has 0 bridgehead atoms. The molecule has 1 amide bonds. The molecule has 1 aromatic rings. The van der Waals surface area contributed by atoms with Crippen molar-refractivity contribution in [3.8, 4) is 0 Å². The maximum Gasteiger partial charge on any atom is 0.306 e. The maximum atomic E-state index is 11.8. The van der Waals surface area contributed by atoms with Crippen molar-refractivity contribution in [3.05, 3.63) is 35.9 Å². The van der Waals surface area contributed by atoms with Gasteiger partial charge in [0.05, 0.1) is 12.5 Å². The molecule has 20 heavy (non-hydrogen) atoms. The molecule has 1 fully saturated rings. The Hall–Kier alpha value is -1.88. The predicted molar refractivity (Wildman–Crippen MR) is 75.0 cm³/mol. The molecule has 108 valence electrons. The number of benzene rings is 1. The van der Waals surface area contributed by atoms with E-state index in [-0.39, 0.29) is 17.7 Å². The molecule has 1 saturated heterocycles. The smallest absolute Gasteiger partial charge is 0.306 e. The van der Waals surface area contributed by atoms with E-state index in [2.05, 4.69) is 5.32 Å². The zero-order valence-corrected chi connectivity index (χ0v) is 11.6. The van der Waals surface area contributed by atoms with Crippen LogP contribution in [0.25, 0.3) is 0 Å². The lowest BCUT2D eigenvalue weighted by molar-refractivity contribution is -0.145. The summed E-state index contributed by atoms with van der Waals surface area (Å²) in [7, 11) is 0. The number of nitrogens with one attached hydrogen (secondary N) is 1. The molecule has 2 rings (SSSR count). The number of carbonyl (C=O) groups excluding carboxylic acids is 1. The van der Waals surface area contributed by atoms with Gasteiger partial charge in [-0.2, -0.15) is 0 Å². The van der Waals surface area contributed by atoms with Gasteiger partial charge in [-0.3, -0.25) is 14.5 Å². The number of amides is 1. The second-order valence-electron chi connectivity index (χ2n) is 5.34. The number of carbonyl (C=O) groups is 2. The quantitative estimate of drug-likeness (QED) is 0.812. The summed E-state index contributed by atoms with van der Waals surface area (Å²) in [5.74, 6) is -0.952. The van der Waals surface area contributed by atoms with Crippen molar-refractivity contribution in [1.29, 1.82) is 0 Å². The molecule has 1 aliphatic rings. The molecule has 1 aromatic carbocycles. The Morgan fingerprint density at radius 3 is 2.60 bits per heavy atom. The summed E-state index contributed by atoms with van der Waals surface area (Å²) in [6.45, 7) is 3.97. The Labute approximate surface area is 118 Å². The van der Waals surface area contributed by atoms with Gasteiger partial charge in [-0.15, -0.1) is 0 Å². The SMILES string of the molecule is CC(C(=O)O)C1CN(CC(=O)NCc2ccccc2)C1. The Bertz CT molecular complexity index is 469. The molecule has 1 atom stereocenters. The number of hydrogen-bond donors (Lipinski definition) is 2. The van der Waals surface area contributed by atoms with Gasteiger partial charge < -0.3 is 10.4 Å². The first-order valence-corrected chi connectivity index (χ1v) is 6.82. The van der Waals surface area contributed by atoms with E-state index in [0.29, 0.717) is 26.2 Å². The lowest BCUT2D eigenvalue weighted by Gasteiger charge is -2.40. The van der Waals surface area contributed by atoms with E-state index >= 15 is 0 Å². The van der Waals surface area contributed by atoms with Crippen LogP contribution in [0, 0.1) is 11.8 Å². The lowest BCUT2D eigenvalue weighted by Crippen LogP contribution is -2.53. The van der Waals surface area contributed by atoms with Crippen LogP contribution in [0.15, 0.2) is 30.3 Å². The van der Waals surface area contributed by atoms with E-state index in [0.717, 1.165) is 5.56 Å². The van der Waals surface area contributed by atoms with Crippen LogP contribution >= 0.6 is 0 Å². The fourth-order valence-electron chi connectivity index (χ4n) is 2.31. The molecule has 0 spiro atoms. The van der Waals surface area contributed by atoms with Crippen LogP contribution in [0.5, 0.6) is 0 Å². The van der Waals surface area contributed by atoms with Crippen LogP contribution in [0.4, 0.5) is 0 Å². The maximum absolute atomic E-state index is 11.8.